The third kappa shape index (κ3) is 3.62. The topological polar surface area (TPSA) is 55.1 Å². The van der Waals surface area contributed by atoms with Crippen molar-refractivity contribution >= 4 is 5.91 Å². The van der Waals surface area contributed by atoms with Crippen molar-refractivity contribution in [2.75, 3.05) is 6.54 Å². The summed E-state index contributed by atoms with van der Waals surface area (Å²) in [6, 6.07) is 4.27. The van der Waals surface area contributed by atoms with Gasteiger partial charge in [-0.2, -0.15) is 0 Å². The van der Waals surface area contributed by atoms with Crippen LogP contribution in [-0.4, -0.2) is 18.0 Å². The highest BCUT2D eigenvalue weighted by Gasteiger charge is 2.13. The van der Waals surface area contributed by atoms with E-state index < -0.39 is 5.54 Å². The molecular weight excluding hydrogens is 207 g/mol. The maximum atomic E-state index is 13.0. The van der Waals surface area contributed by atoms with E-state index in [0.717, 1.165) is 0 Å². The Balaban J connectivity index is 2.70. The third-order valence-corrected chi connectivity index (χ3v) is 2.12. The minimum atomic E-state index is -0.454. The molecule has 16 heavy (non-hydrogen) atoms. The van der Waals surface area contributed by atoms with Gasteiger partial charge in [0.05, 0.1) is 0 Å². The van der Waals surface area contributed by atoms with Crippen molar-refractivity contribution in [3.8, 4) is 0 Å². The molecule has 0 fully saturated rings. The molecule has 0 spiro atoms. The van der Waals surface area contributed by atoms with Crippen LogP contribution in [0.15, 0.2) is 18.2 Å². The van der Waals surface area contributed by atoms with Crippen LogP contribution in [0.25, 0.3) is 0 Å². The predicted molar refractivity (Wildman–Crippen MR) is 61.7 cm³/mol. The zero-order valence-electron chi connectivity index (χ0n) is 9.80. The summed E-state index contributed by atoms with van der Waals surface area (Å²) in [5.74, 6) is -0.544. The Bertz CT molecular complexity index is 396. The molecule has 0 saturated carbocycles. The maximum Gasteiger partial charge on any atom is 0.251 e. The lowest BCUT2D eigenvalue weighted by molar-refractivity contribution is 0.0946. The summed E-state index contributed by atoms with van der Waals surface area (Å²) >= 11 is 0. The second kappa shape index (κ2) is 4.61. The Morgan fingerprint density at radius 1 is 1.50 bits per heavy atom. The smallest absolute Gasteiger partial charge is 0.251 e. The Morgan fingerprint density at radius 2 is 2.12 bits per heavy atom. The Labute approximate surface area is 94.8 Å². The first-order valence-corrected chi connectivity index (χ1v) is 5.13. The summed E-state index contributed by atoms with van der Waals surface area (Å²) < 4.78 is 13.0. The number of benzene rings is 1. The van der Waals surface area contributed by atoms with Crippen LogP contribution in [0, 0.1) is 12.7 Å². The molecule has 3 N–H and O–H groups in total. The third-order valence-electron chi connectivity index (χ3n) is 2.12. The van der Waals surface area contributed by atoms with E-state index in [1.54, 1.807) is 6.92 Å². The molecule has 0 aliphatic carbocycles. The lowest BCUT2D eigenvalue weighted by Crippen LogP contribution is -2.45. The Morgan fingerprint density at radius 3 is 2.62 bits per heavy atom. The summed E-state index contributed by atoms with van der Waals surface area (Å²) in [7, 11) is 0. The molecule has 1 aromatic rings. The van der Waals surface area contributed by atoms with Crippen molar-refractivity contribution in [3.05, 3.63) is 35.1 Å². The van der Waals surface area contributed by atoms with Crippen LogP contribution in [0.1, 0.15) is 29.8 Å². The number of carbonyl (C=O) groups is 1. The molecule has 0 unspecified atom stereocenters. The molecule has 0 aromatic heterocycles. The van der Waals surface area contributed by atoms with E-state index in [0.29, 0.717) is 17.7 Å². The fourth-order valence-corrected chi connectivity index (χ4v) is 1.20. The minimum absolute atomic E-state index is 0.235. The SMILES string of the molecule is Cc1cc(C(=O)NCC(C)(C)N)ccc1F. The number of hydrogen-bond donors (Lipinski definition) is 2. The lowest BCUT2D eigenvalue weighted by atomic mass is 10.1. The molecule has 0 radical (unpaired) electrons. The first-order chi connectivity index (χ1) is 7.29. The average molecular weight is 224 g/mol. The number of carbonyl (C=O) groups excluding carboxylic acids is 1. The van der Waals surface area contributed by atoms with Crippen LogP contribution in [0.5, 0.6) is 0 Å². The fraction of sp³-hybridized carbons (Fsp3) is 0.417. The molecular formula is C12H17FN2O. The average Bonchev–Trinajstić information content (AvgIpc) is 2.17. The van der Waals surface area contributed by atoms with Crippen molar-refractivity contribution in [1.29, 1.82) is 0 Å². The molecule has 0 aliphatic heterocycles. The largest absolute Gasteiger partial charge is 0.350 e. The number of rotatable bonds is 3. The summed E-state index contributed by atoms with van der Waals surface area (Å²) in [6.45, 7) is 5.65. The van der Waals surface area contributed by atoms with Crippen LogP contribution < -0.4 is 11.1 Å². The first kappa shape index (κ1) is 12.6. The van der Waals surface area contributed by atoms with Crippen molar-refractivity contribution in [1.82, 2.24) is 5.32 Å². The van der Waals surface area contributed by atoms with E-state index in [1.165, 1.54) is 18.2 Å². The Hall–Kier alpha value is -1.42. The van der Waals surface area contributed by atoms with Gasteiger partial charge in [0.25, 0.3) is 5.91 Å². The summed E-state index contributed by atoms with van der Waals surface area (Å²) in [4.78, 5) is 11.7. The molecule has 0 saturated heterocycles. The molecule has 1 amide bonds. The van der Waals surface area contributed by atoms with E-state index >= 15 is 0 Å². The quantitative estimate of drug-likeness (QED) is 0.819. The van der Waals surface area contributed by atoms with Gasteiger partial charge in [0, 0.05) is 17.6 Å². The minimum Gasteiger partial charge on any atom is -0.350 e. The number of aryl methyl sites for hydroxylation is 1. The molecule has 1 rings (SSSR count). The molecule has 0 aliphatic rings. The number of amides is 1. The molecule has 4 heteroatoms. The summed E-state index contributed by atoms with van der Waals surface area (Å²) in [6.07, 6.45) is 0. The van der Waals surface area contributed by atoms with Crippen LogP contribution in [0.2, 0.25) is 0 Å². The monoisotopic (exact) mass is 224 g/mol. The second-order valence-corrected chi connectivity index (χ2v) is 4.64. The summed E-state index contributed by atoms with van der Waals surface area (Å²) in [5.41, 5.74) is 6.19. The van der Waals surface area contributed by atoms with Crippen LogP contribution in [-0.2, 0) is 0 Å². The van der Waals surface area contributed by atoms with Gasteiger partial charge < -0.3 is 11.1 Å². The van der Waals surface area contributed by atoms with Crippen molar-refractivity contribution in [3.63, 3.8) is 0 Å². The van der Waals surface area contributed by atoms with Gasteiger partial charge in [-0.05, 0) is 44.5 Å². The van der Waals surface area contributed by atoms with E-state index in [-0.39, 0.29) is 11.7 Å². The van der Waals surface area contributed by atoms with E-state index in [4.69, 9.17) is 5.73 Å². The van der Waals surface area contributed by atoms with Crippen molar-refractivity contribution in [2.24, 2.45) is 5.73 Å². The second-order valence-electron chi connectivity index (χ2n) is 4.64. The van der Waals surface area contributed by atoms with Gasteiger partial charge in [0.1, 0.15) is 5.82 Å². The summed E-state index contributed by atoms with van der Waals surface area (Å²) in [5, 5.41) is 2.70. The van der Waals surface area contributed by atoms with Gasteiger partial charge in [-0.25, -0.2) is 4.39 Å². The standard InChI is InChI=1S/C12H17FN2O/c1-8-6-9(4-5-10(8)13)11(16)15-7-12(2,3)14/h4-6H,7,14H2,1-3H3,(H,15,16). The zero-order valence-corrected chi connectivity index (χ0v) is 9.80. The van der Waals surface area contributed by atoms with Gasteiger partial charge in [-0.15, -0.1) is 0 Å². The van der Waals surface area contributed by atoms with E-state index in [9.17, 15) is 9.18 Å². The van der Waals surface area contributed by atoms with Gasteiger partial charge >= 0.3 is 0 Å². The van der Waals surface area contributed by atoms with E-state index in [1.807, 2.05) is 13.8 Å². The molecule has 88 valence electrons. The highest BCUT2D eigenvalue weighted by Crippen LogP contribution is 2.09. The number of halogens is 1. The highest BCUT2D eigenvalue weighted by molar-refractivity contribution is 5.94. The fourth-order valence-electron chi connectivity index (χ4n) is 1.20. The van der Waals surface area contributed by atoms with Gasteiger partial charge in [-0.3, -0.25) is 4.79 Å². The van der Waals surface area contributed by atoms with Crippen LogP contribution in [0.4, 0.5) is 4.39 Å². The number of hydrogen-bond acceptors (Lipinski definition) is 2. The Kier molecular flexibility index (Phi) is 3.65. The molecule has 1 aromatic carbocycles. The van der Waals surface area contributed by atoms with Crippen LogP contribution >= 0.6 is 0 Å². The molecule has 0 bridgehead atoms. The molecule has 0 heterocycles. The van der Waals surface area contributed by atoms with Gasteiger partial charge in [-0.1, -0.05) is 0 Å². The first-order valence-electron chi connectivity index (χ1n) is 5.13. The van der Waals surface area contributed by atoms with Crippen molar-refractivity contribution < 1.29 is 9.18 Å². The van der Waals surface area contributed by atoms with E-state index in [2.05, 4.69) is 5.32 Å². The molecule has 0 atom stereocenters. The predicted octanol–water partition coefficient (Wildman–Crippen LogP) is 1.60. The number of nitrogens with two attached hydrogens (primary N) is 1. The lowest BCUT2D eigenvalue weighted by Gasteiger charge is -2.18. The molecule has 3 nitrogen and oxygen atoms in total. The highest BCUT2D eigenvalue weighted by atomic mass is 19.1. The normalized spacial score (nSPS) is 11.3. The van der Waals surface area contributed by atoms with Crippen molar-refractivity contribution in [2.45, 2.75) is 26.3 Å². The van der Waals surface area contributed by atoms with Gasteiger partial charge in [0.2, 0.25) is 0 Å². The van der Waals surface area contributed by atoms with Gasteiger partial charge in [0.15, 0.2) is 0 Å². The van der Waals surface area contributed by atoms with Crippen LogP contribution in [0.3, 0.4) is 0 Å². The number of nitrogens with one attached hydrogen (secondary N) is 1. The zero-order chi connectivity index (χ0) is 12.3. The maximum absolute atomic E-state index is 13.0.